The Morgan fingerprint density at radius 2 is 0.984 bits per heavy atom. The fourth-order valence-electron chi connectivity index (χ4n) is 12.5. The van der Waals surface area contributed by atoms with Crippen LogP contribution < -0.4 is 9.64 Å². The summed E-state index contributed by atoms with van der Waals surface area (Å²) in [5, 5.41) is 2.44. The number of para-hydroxylation sites is 2. The SMILES string of the molecule is CC1CC=C(N(c2cccc3c2-c2ccccc2C32c3ccccc3Oc3ccccc32)c2cccc3ccccc23)C2=C1C1(c3ccccc3Sc3ccccc31)c1ccccc12. The number of fused-ring (bicyclic) bond motifs is 18. The van der Waals surface area contributed by atoms with E-state index in [1.165, 1.54) is 104 Å². The molecule has 5 aliphatic rings. The highest BCUT2D eigenvalue weighted by atomic mass is 32.2. The first-order valence-electron chi connectivity index (χ1n) is 22.5. The molecule has 9 aromatic rings. The van der Waals surface area contributed by atoms with Gasteiger partial charge in [0.05, 0.1) is 27.9 Å². The van der Waals surface area contributed by atoms with Crippen LogP contribution in [0.5, 0.6) is 11.5 Å². The average molecular weight is 836 g/mol. The van der Waals surface area contributed by atoms with E-state index in [4.69, 9.17) is 4.74 Å². The molecule has 3 aliphatic carbocycles. The Kier molecular flexibility index (Phi) is 7.54. The van der Waals surface area contributed by atoms with Gasteiger partial charge in [-0.15, -0.1) is 0 Å². The van der Waals surface area contributed by atoms with E-state index in [2.05, 4.69) is 224 Å². The van der Waals surface area contributed by atoms with Gasteiger partial charge in [-0.05, 0) is 98.6 Å². The Morgan fingerprint density at radius 3 is 1.70 bits per heavy atom. The molecular weight excluding hydrogens is 795 g/mol. The Hall–Kier alpha value is -7.33. The minimum absolute atomic E-state index is 0.283. The molecule has 2 heterocycles. The van der Waals surface area contributed by atoms with E-state index in [0.29, 0.717) is 0 Å². The van der Waals surface area contributed by atoms with Gasteiger partial charge in [0.1, 0.15) is 11.5 Å². The zero-order chi connectivity index (χ0) is 42.1. The molecule has 0 N–H and O–H groups in total. The van der Waals surface area contributed by atoms with Crippen LogP contribution in [-0.4, -0.2) is 0 Å². The molecule has 0 amide bonds. The van der Waals surface area contributed by atoms with Crippen molar-refractivity contribution in [2.24, 2.45) is 5.92 Å². The quantitative estimate of drug-likeness (QED) is 0.176. The summed E-state index contributed by atoms with van der Waals surface area (Å²) in [7, 11) is 0. The first-order valence-corrected chi connectivity index (χ1v) is 23.3. The number of rotatable bonds is 3. The Balaban J connectivity index is 1.11. The molecule has 0 saturated carbocycles. The maximum atomic E-state index is 6.75. The molecule has 2 aliphatic heterocycles. The van der Waals surface area contributed by atoms with Crippen LogP contribution in [0.15, 0.2) is 233 Å². The maximum absolute atomic E-state index is 6.75. The van der Waals surface area contributed by atoms with Crippen LogP contribution in [0.25, 0.3) is 27.5 Å². The van der Waals surface area contributed by atoms with Gasteiger partial charge in [-0.25, -0.2) is 0 Å². The van der Waals surface area contributed by atoms with Gasteiger partial charge in [0.15, 0.2) is 0 Å². The molecular formula is C61H41NOS. The molecule has 2 spiro atoms. The highest BCUT2D eigenvalue weighted by Crippen LogP contribution is 2.68. The number of benzene rings is 9. The predicted molar refractivity (Wildman–Crippen MR) is 262 cm³/mol. The molecule has 2 nitrogen and oxygen atoms in total. The molecule has 0 fully saturated rings. The first-order chi connectivity index (χ1) is 31.7. The van der Waals surface area contributed by atoms with Gasteiger partial charge in [0.25, 0.3) is 0 Å². The lowest BCUT2D eigenvalue weighted by Crippen LogP contribution is -2.36. The molecule has 9 aromatic carbocycles. The molecule has 3 heteroatoms. The van der Waals surface area contributed by atoms with Crippen molar-refractivity contribution >= 4 is 39.5 Å². The molecule has 64 heavy (non-hydrogen) atoms. The molecule has 0 radical (unpaired) electrons. The van der Waals surface area contributed by atoms with Crippen molar-refractivity contribution in [3.63, 3.8) is 0 Å². The smallest absolute Gasteiger partial charge is 0.132 e. The summed E-state index contributed by atoms with van der Waals surface area (Å²) in [6.45, 7) is 2.46. The van der Waals surface area contributed by atoms with Crippen LogP contribution in [-0.2, 0) is 10.8 Å². The third kappa shape index (κ3) is 4.52. The maximum Gasteiger partial charge on any atom is 0.132 e. The lowest BCUT2D eigenvalue weighted by molar-refractivity contribution is 0.436. The number of allylic oxidation sites excluding steroid dienone is 3. The average Bonchev–Trinajstić information content (AvgIpc) is 3.82. The third-order valence-electron chi connectivity index (χ3n) is 14.8. The highest BCUT2D eigenvalue weighted by molar-refractivity contribution is 7.99. The van der Waals surface area contributed by atoms with Crippen molar-refractivity contribution in [3.05, 3.63) is 268 Å². The minimum atomic E-state index is -0.588. The van der Waals surface area contributed by atoms with E-state index in [0.717, 1.165) is 17.9 Å². The number of ether oxygens (including phenoxy) is 1. The molecule has 1 atom stereocenters. The van der Waals surface area contributed by atoms with Gasteiger partial charge in [0, 0.05) is 37.4 Å². The number of hydrogen-bond acceptors (Lipinski definition) is 3. The highest BCUT2D eigenvalue weighted by Gasteiger charge is 2.56. The summed E-state index contributed by atoms with van der Waals surface area (Å²) in [6, 6.07) is 77.0. The number of anilines is 2. The van der Waals surface area contributed by atoms with E-state index in [9.17, 15) is 0 Å². The second-order valence-electron chi connectivity index (χ2n) is 17.8. The van der Waals surface area contributed by atoms with Gasteiger partial charge >= 0.3 is 0 Å². The lowest BCUT2D eigenvalue weighted by atomic mass is 9.63. The van der Waals surface area contributed by atoms with E-state index >= 15 is 0 Å². The van der Waals surface area contributed by atoms with E-state index in [-0.39, 0.29) is 5.92 Å². The zero-order valence-corrected chi connectivity index (χ0v) is 36.1. The van der Waals surface area contributed by atoms with Gasteiger partial charge in [-0.3, -0.25) is 0 Å². The van der Waals surface area contributed by atoms with Gasteiger partial charge in [-0.2, -0.15) is 0 Å². The van der Waals surface area contributed by atoms with Crippen LogP contribution in [0.2, 0.25) is 0 Å². The monoisotopic (exact) mass is 835 g/mol. The standard InChI is InChI=1S/C61H41NOS/c1-38-36-37-52(58-42-22-5-7-24-44(42)61(59(38)58)47-27-10-14-34-55(47)64-56-35-15-11-28-48(56)61)62(50-30-16-19-39-18-2-3-20-40(39)50)51-31-17-29-49-57(51)41-21-4-6-23-43(41)60(49)45-25-8-12-32-53(45)63-54-33-13-9-26-46(54)60/h2-35,37-38H,36H2,1H3. The summed E-state index contributed by atoms with van der Waals surface area (Å²) in [6.07, 6.45) is 3.47. The van der Waals surface area contributed by atoms with Crippen molar-refractivity contribution in [1.29, 1.82) is 0 Å². The van der Waals surface area contributed by atoms with Crippen molar-refractivity contribution in [2.45, 2.75) is 34.0 Å². The first kappa shape index (κ1) is 36.2. The number of hydrogen-bond donors (Lipinski definition) is 0. The van der Waals surface area contributed by atoms with Crippen LogP contribution in [0.3, 0.4) is 0 Å². The van der Waals surface area contributed by atoms with Crippen molar-refractivity contribution in [1.82, 2.24) is 0 Å². The predicted octanol–water partition coefficient (Wildman–Crippen LogP) is 15.6. The van der Waals surface area contributed by atoms with E-state index < -0.39 is 10.8 Å². The lowest BCUT2D eigenvalue weighted by Gasteiger charge is -2.44. The zero-order valence-electron chi connectivity index (χ0n) is 35.3. The molecule has 0 bridgehead atoms. The summed E-state index contributed by atoms with van der Waals surface area (Å²) in [4.78, 5) is 5.32. The van der Waals surface area contributed by atoms with Crippen LogP contribution >= 0.6 is 11.8 Å². The van der Waals surface area contributed by atoms with E-state index in [1.54, 1.807) is 0 Å². The van der Waals surface area contributed by atoms with Crippen LogP contribution in [0, 0.1) is 5.92 Å². The van der Waals surface area contributed by atoms with Crippen LogP contribution in [0.4, 0.5) is 11.4 Å². The molecule has 1 unspecified atom stereocenters. The summed E-state index contributed by atoms with van der Waals surface area (Å²) in [5.41, 5.74) is 18.2. The molecule has 14 rings (SSSR count). The van der Waals surface area contributed by atoms with Crippen molar-refractivity contribution in [3.8, 4) is 22.6 Å². The van der Waals surface area contributed by atoms with Crippen LogP contribution in [0.1, 0.15) is 57.9 Å². The summed E-state index contributed by atoms with van der Waals surface area (Å²) in [5.74, 6) is 2.08. The third-order valence-corrected chi connectivity index (χ3v) is 16.0. The fourth-order valence-corrected chi connectivity index (χ4v) is 13.7. The Morgan fingerprint density at radius 1 is 0.469 bits per heavy atom. The van der Waals surface area contributed by atoms with Crippen molar-refractivity contribution in [2.75, 3.05) is 4.90 Å². The minimum Gasteiger partial charge on any atom is -0.457 e. The largest absolute Gasteiger partial charge is 0.457 e. The second-order valence-corrected chi connectivity index (χ2v) is 18.9. The molecule has 0 aromatic heterocycles. The van der Waals surface area contributed by atoms with E-state index in [1.807, 2.05) is 11.8 Å². The topological polar surface area (TPSA) is 12.5 Å². The fraction of sp³-hybridized carbons (Fsp3) is 0.0820. The Labute approximate surface area is 377 Å². The van der Waals surface area contributed by atoms with Gasteiger partial charge < -0.3 is 9.64 Å². The summed E-state index contributed by atoms with van der Waals surface area (Å²) >= 11 is 1.91. The van der Waals surface area contributed by atoms with Gasteiger partial charge in [0.2, 0.25) is 0 Å². The number of nitrogens with zero attached hydrogens (tertiary/aromatic N) is 1. The normalized spacial score (nSPS) is 17.3. The Bertz CT molecular complexity index is 3440. The van der Waals surface area contributed by atoms with Gasteiger partial charge in [-0.1, -0.05) is 195 Å². The second kappa shape index (κ2) is 13.3. The van der Waals surface area contributed by atoms with Crippen molar-refractivity contribution < 1.29 is 4.74 Å². The summed E-state index contributed by atoms with van der Waals surface area (Å²) < 4.78 is 6.75. The molecule has 302 valence electrons. The molecule has 0 saturated heterocycles.